The van der Waals surface area contributed by atoms with Crippen molar-refractivity contribution in [1.82, 2.24) is 4.90 Å². The highest BCUT2D eigenvalue weighted by Gasteiger charge is 2.22. The fourth-order valence-corrected chi connectivity index (χ4v) is 2.41. The van der Waals surface area contributed by atoms with Crippen molar-refractivity contribution < 1.29 is 23.4 Å². The Bertz CT molecular complexity index is 420. The Morgan fingerprint density at radius 1 is 1.35 bits per heavy atom. The number of anilines is 1. The second-order valence-corrected chi connectivity index (χ2v) is 5.07. The van der Waals surface area contributed by atoms with E-state index in [2.05, 4.69) is 11.8 Å². The molecular weight excluding hydrogens is 276 g/mol. The van der Waals surface area contributed by atoms with Gasteiger partial charge >= 0.3 is 7.40 Å². The fourth-order valence-electron chi connectivity index (χ4n) is 2.41. The molecule has 2 rings (SSSR count). The monoisotopic (exact) mass is 298 g/mol. The summed E-state index contributed by atoms with van der Waals surface area (Å²) in [4.78, 5) is 14.4. The third-order valence-electron chi connectivity index (χ3n) is 3.49. The minimum Gasteiger partial charge on any atom is -1.00 e. The van der Waals surface area contributed by atoms with Crippen molar-refractivity contribution in [3.63, 3.8) is 0 Å². The predicted octanol–water partition coefficient (Wildman–Crippen LogP) is -0.583. The van der Waals surface area contributed by atoms with E-state index in [-0.39, 0.29) is 25.9 Å². The topological polar surface area (TPSA) is 55.6 Å². The molecule has 1 aliphatic rings. The summed E-state index contributed by atoms with van der Waals surface area (Å²) in [6.45, 7) is 5.37. The zero-order valence-electron chi connectivity index (χ0n) is 12.8. The van der Waals surface area contributed by atoms with Gasteiger partial charge in [0.1, 0.15) is 6.10 Å². The highest BCUT2D eigenvalue weighted by Crippen LogP contribution is 2.16. The summed E-state index contributed by atoms with van der Waals surface area (Å²) in [6.07, 6.45) is 3.09. The van der Waals surface area contributed by atoms with E-state index >= 15 is 0 Å². The van der Waals surface area contributed by atoms with Crippen LogP contribution in [-0.2, 0) is 4.74 Å². The Morgan fingerprint density at radius 3 is 2.50 bits per heavy atom. The number of nitrogens with zero attached hydrogens (tertiary/aromatic N) is 1. The van der Waals surface area contributed by atoms with E-state index in [0.717, 1.165) is 32.5 Å². The average Bonchev–Trinajstić information content (AvgIpc) is 2.42. The second-order valence-electron chi connectivity index (χ2n) is 5.07. The molecule has 0 saturated carbocycles. The molecule has 0 unspecified atom stereocenters. The van der Waals surface area contributed by atoms with Crippen LogP contribution in [0.4, 0.5) is 5.69 Å². The molecular formula is C15H23ClN2O2. The molecule has 112 valence electrons. The zero-order valence-corrected chi connectivity index (χ0v) is 12.6. The molecule has 0 atom stereocenters. The van der Waals surface area contributed by atoms with Crippen molar-refractivity contribution in [3.8, 4) is 0 Å². The van der Waals surface area contributed by atoms with Gasteiger partial charge in [-0.2, -0.15) is 0 Å². The smallest absolute Gasteiger partial charge is 1.00 e. The molecule has 4 nitrogen and oxygen atoms in total. The van der Waals surface area contributed by atoms with Gasteiger partial charge in [-0.05, 0) is 50.1 Å². The lowest BCUT2D eigenvalue weighted by atomic mass is 10.1. The molecule has 20 heavy (non-hydrogen) atoms. The van der Waals surface area contributed by atoms with Gasteiger partial charge in [-0.15, -0.1) is 0 Å². The van der Waals surface area contributed by atoms with Gasteiger partial charge < -0.3 is 27.8 Å². The number of rotatable bonds is 4. The number of benzene rings is 1. The highest BCUT2D eigenvalue weighted by molar-refractivity contribution is 5.89. The van der Waals surface area contributed by atoms with Crippen LogP contribution in [0.2, 0.25) is 0 Å². The number of esters is 1. The van der Waals surface area contributed by atoms with Crippen molar-refractivity contribution >= 4 is 11.7 Å². The Morgan fingerprint density at radius 2 is 1.95 bits per heavy atom. The lowest BCUT2D eigenvalue weighted by Gasteiger charge is -2.31. The van der Waals surface area contributed by atoms with Crippen LogP contribution in [-0.4, -0.2) is 36.6 Å². The van der Waals surface area contributed by atoms with E-state index in [0.29, 0.717) is 11.3 Å². The number of likely N-dealkylation sites (tertiary alicyclic amines) is 1. The van der Waals surface area contributed by atoms with Gasteiger partial charge in [-0.3, -0.25) is 0 Å². The zero-order chi connectivity index (χ0) is 13.7. The first-order valence-corrected chi connectivity index (χ1v) is 6.98. The van der Waals surface area contributed by atoms with Crippen molar-refractivity contribution in [2.75, 3.05) is 25.4 Å². The van der Waals surface area contributed by atoms with Gasteiger partial charge in [0, 0.05) is 18.8 Å². The lowest BCUT2D eigenvalue weighted by Crippen LogP contribution is -3.00. The molecule has 1 heterocycles. The third-order valence-corrected chi connectivity index (χ3v) is 3.49. The SMILES string of the molecule is CCCN1CCC(OC(=O)c2ccc(N)cc2)CC1.[Cl-].[H+]. The van der Waals surface area contributed by atoms with E-state index < -0.39 is 0 Å². The van der Waals surface area contributed by atoms with Crippen LogP contribution in [0, 0.1) is 0 Å². The fraction of sp³-hybridized carbons (Fsp3) is 0.533. The van der Waals surface area contributed by atoms with Crippen LogP contribution in [0.25, 0.3) is 0 Å². The second kappa shape index (κ2) is 8.12. The first-order valence-electron chi connectivity index (χ1n) is 6.98. The Labute approximate surface area is 128 Å². The summed E-state index contributed by atoms with van der Waals surface area (Å²) in [7, 11) is 0. The molecule has 1 aromatic rings. The number of halogens is 1. The number of ether oxygens (including phenoxy) is 1. The maximum absolute atomic E-state index is 12.0. The van der Waals surface area contributed by atoms with Gasteiger partial charge in [0.15, 0.2) is 0 Å². The molecule has 0 aliphatic carbocycles. The van der Waals surface area contributed by atoms with E-state index in [4.69, 9.17) is 10.5 Å². The summed E-state index contributed by atoms with van der Waals surface area (Å²) in [6, 6.07) is 6.87. The molecule has 0 spiro atoms. The number of nitrogens with two attached hydrogens (primary N) is 1. The molecule has 2 N–H and O–H groups in total. The molecule has 1 saturated heterocycles. The number of carbonyl (C=O) groups is 1. The van der Waals surface area contributed by atoms with E-state index in [1.807, 2.05) is 0 Å². The van der Waals surface area contributed by atoms with Crippen molar-refractivity contribution in [2.45, 2.75) is 32.3 Å². The molecule has 1 fully saturated rings. The van der Waals surface area contributed by atoms with Gasteiger partial charge in [0.2, 0.25) is 0 Å². The van der Waals surface area contributed by atoms with E-state index in [1.165, 1.54) is 6.42 Å². The van der Waals surface area contributed by atoms with Crippen LogP contribution in [0.5, 0.6) is 0 Å². The van der Waals surface area contributed by atoms with Crippen LogP contribution in [0.3, 0.4) is 0 Å². The van der Waals surface area contributed by atoms with E-state index in [9.17, 15) is 4.79 Å². The number of carbonyl (C=O) groups excluding carboxylic acids is 1. The van der Waals surface area contributed by atoms with Gasteiger partial charge in [-0.25, -0.2) is 4.79 Å². The van der Waals surface area contributed by atoms with Crippen LogP contribution in [0.15, 0.2) is 24.3 Å². The Balaban J connectivity index is 0.00000200. The normalized spacial score (nSPS) is 16.4. The lowest BCUT2D eigenvalue weighted by molar-refractivity contribution is -0.0000776. The maximum atomic E-state index is 12.0. The van der Waals surface area contributed by atoms with Crippen LogP contribution in [0.1, 0.15) is 38.0 Å². The maximum Gasteiger partial charge on any atom is 1.00 e. The summed E-state index contributed by atoms with van der Waals surface area (Å²) in [5.74, 6) is -0.242. The number of hydrogen-bond acceptors (Lipinski definition) is 4. The molecule has 1 aromatic carbocycles. The molecule has 0 bridgehead atoms. The van der Waals surface area contributed by atoms with Gasteiger partial charge in [0.25, 0.3) is 0 Å². The van der Waals surface area contributed by atoms with Crippen LogP contribution >= 0.6 is 0 Å². The average molecular weight is 299 g/mol. The van der Waals surface area contributed by atoms with Crippen molar-refractivity contribution in [3.05, 3.63) is 29.8 Å². The first-order chi connectivity index (χ1) is 9.19. The standard InChI is InChI=1S/C15H22N2O2.ClH/c1-2-9-17-10-7-14(8-11-17)19-15(18)12-3-5-13(16)6-4-12;/h3-6,14H,2,7-11,16H2,1H3;1H. The molecule has 0 amide bonds. The first kappa shape index (κ1) is 16.8. The number of piperidine rings is 1. The van der Waals surface area contributed by atoms with E-state index in [1.54, 1.807) is 24.3 Å². The molecule has 1 aliphatic heterocycles. The summed E-state index contributed by atoms with van der Waals surface area (Å²) >= 11 is 0. The molecule has 0 aromatic heterocycles. The van der Waals surface area contributed by atoms with Crippen molar-refractivity contribution in [2.24, 2.45) is 0 Å². The van der Waals surface area contributed by atoms with Gasteiger partial charge in [0.05, 0.1) is 5.56 Å². The highest BCUT2D eigenvalue weighted by atomic mass is 35.5. The van der Waals surface area contributed by atoms with Crippen LogP contribution < -0.4 is 18.1 Å². The summed E-state index contributed by atoms with van der Waals surface area (Å²) < 4.78 is 5.54. The molecule has 5 heteroatoms. The summed E-state index contributed by atoms with van der Waals surface area (Å²) in [5, 5.41) is 0. The quantitative estimate of drug-likeness (QED) is 0.597. The number of nitrogen functional groups attached to an aromatic ring is 1. The van der Waals surface area contributed by atoms with Crippen molar-refractivity contribution in [1.29, 1.82) is 0 Å². The van der Waals surface area contributed by atoms with Gasteiger partial charge in [-0.1, -0.05) is 6.92 Å². The summed E-state index contributed by atoms with van der Waals surface area (Å²) in [5.41, 5.74) is 6.83. The third kappa shape index (κ3) is 4.69. The molecule has 0 radical (unpaired) electrons. The largest absolute Gasteiger partial charge is 1.00 e. The number of hydrogen-bond donors (Lipinski definition) is 1. The minimum atomic E-state index is -0.242. The Hall–Kier alpha value is -1.26. The Kier molecular flexibility index (Phi) is 6.82. The predicted molar refractivity (Wildman–Crippen MR) is 77.1 cm³/mol. The minimum absolute atomic E-state index is 0.